The van der Waals surface area contributed by atoms with Gasteiger partial charge in [-0.1, -0.05) is 32.6 Å². The Balaban J connectivity index is 1.96. The van der Waals surface area contributed by atoms with Gasteiger partial charge in [0.1, 0.15) is 25.0 Å². The van der Waals surface area contributed by atoms with Crippen LogP contribution in [0.25, 0.3) is 0 Å². The zero-order valence-corrected chi connectivity index (χ0v) is 30.8. The minimum Gasteiger partial charge on any atom is -0.494 e. The monoisotopic (exact) mass is 754 g/mol. The van der Waals surface area contributed by atoms with Crippen molar-refractivity contribution in [1.29, 1.82) is 0 Å². The van der Waals surface area contributed by atoms with Gasteiger partial charge in [0.25, 0.3) is 0 Å². The summed E-state index contributed by atoms with van der Waals surface area (Å²) in [5.74, 6) is -2.78. The molecule has 0 radical (unpaired) electrons. The van der Waals surface area contributed by atoms with Gasteiger partial charge in [0.05, 0.1) is 51.8 Å². The Labute approximate surface area is 311 Å². The number of unbranched alkanes of at least 4 members (excludes halogenated alkanes) is 5. The first kappa shape index (κ1) is 46.7. The predicted molar refractivity (Wildman–Crippen MR) is 193 cm³/mol. The zero-order chi connectivity index (χ0) is 38.9. The molecule has 0 aliphatic rings. The fraction of sp³-hybridized carbons (Fsp3) is 0.667. The summed E-state index contributed by atoms with van der Waals surface area (Å²) >= 11 is 0. The van der Waals surface area contributed by atoms with Crippen LogP contribution in [0, 0.1) is 0 Å². The largest absolute Gasteiger partial charge is 0.494 e. The molecule has 0 spiro atoms. The lowest BCUT2D eigenvalue weighted by atomic mass is 10.1. The van der Waals surface area contributed by atoms with Crippen molar-refractivity contribution in [3.63, 3.8) is 0 Å². The molecule has 17 heteroatoms. The minimum atomic E-state index is -1.21. The van der Waals surface area contributed by atoms with Gasteiger partial charge in [-0.2, -0.15) is 0 Å². The maximum absolute atomic E-state index is 12.3. The van der Waals surface area contributed by atoms with Gasteiger partial charge in [0.2, 0.25) is 23.6 Å². The van der Waals surface area contributed by atoms with Crippen LogP contribution in [0.1, 0.15) is 81.5 Å². The van der Waals surface area contributed by atoms with E-state index < -0.39 is 18.0 Å². The van der Waals surface area contributed by atoms with E-state index in [-0.39, 0.29) is 101 Å². The molecule has 4 amide bonds. The molecule has 0 aliphatic carbocycles. The SMILES string of the molecule is CCCNC(=O)COCCOCCNC(=O)COCCOCCNC(=O)CC[C@H](NC(=O)CCCCCCCCOc1ccc(C(=O)O)cc1)C(=O)O. The standard InChI is InChI=1S/C36H58N4O13/c1-2-16-37-33(43)26-51-24-23-50-21-18-39-34(44)27-52-25-22-49-20-17-38-31(41)15-14-30(36(47)48)40-32(42)9-7-5-3-4-6-8-19-53-29-12-10-28(11-13-29)35(45)46/h10-13,30H,2-9,14-27H2,1H3,(H,37,43)(H,38,41)(H,39,44)(H,40,42)(H,45,46)(H,47,48)/t30-/m0/s1. The maximum atomic E-state index is 12.3. The Morgan fingerprint density at radius 2 is 1.11 bits per heavy atom. The van der Waals surface area contributed by atoms with E-state index in [1.165, 1.54) is 12.1 Å². The summed E-state index contributed by atoms with van der Waals surface area (Å²) in [5.41, 5.74) is 0.207. The van der Waals surface area contributed by atoms with Crippen LogP contribution in [0.3, 0.4) is 0 Å². The number of aliphatic carboxylic acids is 1. The van der Waals surface area contributed by atoms with Crippen LogP contribution in [-0.2, 0) is 42.9 Å². The highest BCUT2D eigenvalue weighted by atomic mass is 16.5. The van der Waals surface area contributed by atoms with E-state index >= 15 is 0 Å². The molecule has 0 aliphatic heterocycles. The van der Waals surface area contributed by atoms with Gasteiger partial charge in [0.15, 0.2) is 0 Å². The summed E-state index contributed by atoms with van der Waals surface area (Å²) in [6, 6.07) is 5.09. The van der Waals surface area contributed by atoms with E-state index in [2.05, 4.69) is 21.3 Å². The average Bonchev–Trinajstić information content (AvgIpc) is 3.13. The van der Waals surface area contributed by atoms with Crippen molar-refractivity contribution in [3.8, 4) is 5.75 Å². The van der Waals surface area contributed by atoms with Gasteiger partial charge in [0, 0.05) is 32.5 Å². The summed E-state index contributed by atoms with van der Waals surface area (Å²) in [6.07, 6.45) is 6.07. The smallest absolute Gasteiger partial charge is 0.335 e. The lowest BCUT2D eigenvalue weighted by molar-refractivity contribution is -0.142. The molecule has 6 N–H and O–H groups in total. The number of carbonyl (C=O) groups excluding carboxylic acids is 4. The molecule has 0 unspecified atom stereocenters. The predicted octanol–water partition coefficient (Wildman–Crippen LogP) is 1.67. The van der Waals surface area contributed by atoms with Gasteiger partial charge in [-0.3, -0.25) is 19.2 Å². The number of aromatic carboxylic acids is 1. The van der Waals surface area contributed by atoms with Gasteiger partial charge in [-0.25, -0.2) is 9.59 Å². The molecule has 1 atom stereocenters. The van der Waals surface area contributed by atoms with Crippen molar-refractivity contribution in [2.24, 2.45) is 0 Å². The Bertz CT molecular complexity index is 1200. The molecular weight excluding hydrogens is 696 g/mol. The topological polar surface area (TPSA) is 237 Å². The molecule has 0 saturated heterocycles. The van der Waals surface area contributed by atoms with Crippen LogP contribution in [0.5, 0.6) is 5.75 Å². The molecule has 0 bridgehead atoms. The molecule has 1 aromatic rings. The highest BCUT2D eigenvalue weighted by Crippen LogP contribution is 2.14. The summed E-state index contributed by atoms with van der Waals surface area (Å²) in [6.45, 7) is 4.88. The van der Waals surface area contributed by atoms with Gasteiger partial charge >= 0.3 is 11.9 Å². The first-order valence-electron chi connectivity index (χ1n) is 18.2. The second kappa shape index (κ2) is 31.2. The Morgan fingerprint density at radius 1 is 0.585 bits per heavy atom. The normalized spacial score (nSPS) is 11.3. The third kappa shape index (κ3) is 27.0. The number of hydrogen-bond acceptors (Lipinski definition) is 11. The number of benzene rings is 1. The second-order valence-electron chi connectivity index (χ2n) is 11.9. The molecule has 17 nitrogen and oxygen atoms in total. The number of nitrogens with one attached hydrogen (secondary N) is 4. The molecule has 0 saturated carbocycles. The fourth-order valence-electron chi connectivity index (χ4n) is 4.53. The van der Waals surface area contributed by atoms with Crippen molar-refractivity contribution in [2.45, 2.75) is 77.2 Å². The van der Waals surface area contributed by atoms with E-state index in [1.807, 2.05) is 6.92 Å². The van der Waals surface area contributed by atoms with E-state index in [4.69, 9.17) is 28.8 Å². The van der Waals surface area contributed by atoms with Gasteiger partial charge in [-0.15, -0.1) is 0 Å². The van der Waals surface area contributed by atoms with Gasteiger partial charge in [-0.05, 0) is 49.9 Å². The molecule has 0 fully saturated rings. The first-order valence-corrected chi connectivity index (χ1v) is 18.2. The summed E-state index contributed by atoms with van der Waals surface area (Å²) < 4.78 is 26.7. The molecular formula is C36H58N4O13. The molecule has 0 aromatic heterocycles. The van der Waals surface area contributed by atoms with E-state index in [9.17, 15) is 33.9 Å². The molecule has 1 aromatic carbocycles. The van der Waals surface area contributed by atoms with E-state index in [0.717, 1.165) is 38.5 Å². The Morgan fingerprint density at radius 3 is 1.68 bits per heavy atom. The zero-order valence-electron chi connectivity index (χ0n) is 30.8. The third-order valence-corrected chi connectivity index (χ3v) is 7.38. The van der Waals surface area contributed by atoms with Crippen LogP contribution < -0.4 is 26.0 Å². The second-order valence-corrected chi connectivity index (χ2v) is 11.9. The van der Waals surface area contributed by atoms with Crippen molar-refractivity contribution in [3.05, 3.63) is 29.8 Å². The third-order valence-electron chi connectivity index (χ3n) is 7.38. The highest BCUT2D eigenvalue weighted by molar-refractivity contribution is 5.87. The van der Waals surface area contributed by atoms with Crippen LogP contribution in [0.15, 0.2) is 24.3 Å². The number of rotatable bonds is 34. The lowest BCUT2D eigenvalue weighted by Gasteiger charge is -2.14. The number of amides is 4. The number of carboxylic acids is 2. The molecule has 53 heavy (non-hydrogen) atoms. The van der Waals surface area contributed by atoms with Crippen molar-refractivity contribution in [2.75, 3.05) is 79.1 Å². The summed E-state index contributed by atoms with van der Waals surface area (Å²) in [7, 11) is 0. The lowest BCUT2D eigenvalue weighted by Crippen LogP contribution is -2.41. The maximum Gasteiger partial charge on any atom is 0.335 e. The minimum absolute atomic E-state index is 0.0182. The summed E-state index contributed by atoms with van der Waals surface area (Å²) in [5, 5.41) is 28.9. The van der Waals surface area contributed by atoms with Crippen molar-refractivity contribution >= 4 is 35.6 Å². The number of hydrogen-bond donors (Lipinski definition) is 6. The highest BCUT2D eigenvalue weighted by Gasteiger charge is 2.20. The molecule has 0 heterocycles. The Kier molecular flexibility index (Phi) is 27.5. The average molecular weight is 755 g/mol. The van der Waals surface area contributed by atoms with Crippen LogP contribution in [0.4, 0.5) is 0 Å². The fourth-order valence-corrected chi connectivity index (χ4v) is 4.53. The van der Waals surface area contributed by atoms with Crippen molar-refractivity contribution < 1.29 is 62.7 Å². The van der Waals surface area contributed by atoms with E-state index in [1.54, 1.807) is 12.1 Å². The van der Waals surface area contributed by atoms with Crippen LogP contribution in [0.2, 0.25) is 0 Å². The van der Waals surface area contributed by atoms with Gasteiger partial charge < -0.3 is 55.2 Å². The van der Waals surface area contributed by atoms with Crippen LogP contribution in [-0.4, -0.2) is 131 Å². The number of ether oxygens (including phenoxy) is 5. The first-order chi connectivity index (χ1) is 25.6. The molecule has 1 rings (SSSR count). The molecule has 300 valence electrons. The quantitative estimate of drug-likeness (QED) is 0.0550. The number of carbonyl (C=O) groups is 6. The van der Waals surface area contributed by atoms with Crippen molar-refractivity contribution in [1.82, 2.24) is 21.3 Å². The van der Waals surface area contributed by atoms with Crippen LogP contribution >= 0.6 is 0 Å². The summed E-state index contributed by atoms with van der Waals surface area (Å²) in [4.78, 5) is 70.1. The number of carboxylic acid groups (broad SMARTS) is 2. The Hall–Kier alpha value is -4.32. The van der Waals surface area contributed by atoms with E-state index in [0.29, 0.717) is 38.5 Å².